The highest BCUT2D eigenvalue weighted by Gasteiger charge is 2.66. The third-order valence-electron chi connectivity index (χ3n) is 14.4. The smallest absolute Gasteiger partial charge is 0.307 e. The van der Waals surface area contributed by atoms with Gasteiger partial charge >= 0.3 is 5.97 Å². The van der Waals surface area contributed by atoms with Crippen LogP contribution >= 0.6 is 0 Å². The normalized spacial score (nSPS) is 56.0. The van der Waals surface area contributed by atoms with Gasteiger partial charge < -0.3 is 35.0 Å². The standard InChI is InChI=1S/C34H54O8/c1-30-9-8-23(35)10-22(30)11-26(36)29-24-7-6-21(31(24,2)27(37)12-25(29)30)4-3-5-28(38)41-19-42-34-15-20-13-32(39,17-34)16-33(40,14-20)18-34/h20-27,29,35-37,39-40H,3-19H2,1-2H3/t20?,21?,22?,23-,24?,25?,26-,27+,29?,30+,31-,32?,33?,34?/m1/s1. The second-order valence-corrected chi connectivity index (χ2v) is 16.9. The van der Waals surface area contributed by atoms with Crippen molar-refractivity contribution in [1.82, 2.24) is 0 Å². The minimum atomic E-state index is -0.872. The fourth-order valence-electron chi connectivity index (χ4n) is 13.0. The molecule has 0 spiro atoms. The molecule has 8 heteroatoms. The summed E-state index contributed by atoms with van der Waals surface area (Å²) in [4.78, 5) is 12.7. The fraction of sp³-hybridized carbons (Fsp3) is 0.971. The van der Waals surface area contributed by atoms with Crippen LogP contribution in [0, 0.1) is 46.3 Å². The first-order valence-corrected chi connectivity index (χ1v) is 17.1. The molecule has 7 unspecified atom stereocenters. The molecule has 238 valence electrons. The van der Waals surface area contributed by atoms with Gasteiger partial charge in [-0.3, -0.25) is 4.79 Å². The van der Waals surface area contributed by atoms with E-state index in [-0.39, 0.29) is 59.5 Å². The molecule has 8 saturated carbocycles. The first-order chi connectivity index (χ1) is 19.8. The van der Waals surface area contributed by atoms with Crippen molar-refractivity contribution in [1.29, 1.82) is 0 Å². The Balaban J connectivity index is 0.923. The van der Waals surface area contributed by atoms with Gasteiger partial charge in [0, 0.05) is 25.7 Å². The third kappa shape index (κ3) is 4.72. The summed E-state index contributed by atoms with van der Waals surface area (Å²) in [5.41, 5.74) is -2.54. The molecule has 8 aliphatic rings. The zero-order chi connectivity index (χ0) is 29.7. The zero-order valence-corrected chi connectivity index (χ0v) is 25.7. The average molecular weight is 591 g/mol. The van der Waals surface area contributed by atoms with Crippen molar-refractivity contribution < 1.29 is 39.8 Å². The Morgan fingerprint density at radius 1 is 0.881 bits per heavy atom. The van der Waals surface area contributed by atoms with Gasteiger partial charge in [-0.25, -0.2) is 0 Å². The van der Waals surface area contributed by atoms with Crippen molar-refractivity contribution in [2.75, 3.05) is 6.79 Å². The lowest BCUT2D eigenvalue weighted by atomic mass is 9.43. The van der Waals surface area contributed by atoms with Crippen molar-refractivity contribution in [3.63, 3.8) is 0 Å². The van der Waals surface area contributed by atoms with Crippen LogP contribution in [0.25, 0.3) is 0 Å². The number of aliphatic hydroxyl groups is 5. The van der Waals surface area contributed by atoms with Crippen LogP contribution in [0.4, 0.5) is 0 Å². The van der Waals surface area contributed by atoms with E-state index in [1.807, 2.05) is 0 Å². The molecule has 0 aromatic rings. The number of ether oxygens (including phenoxy) is 2. The second-order valence-electron chi connectivity index (χ2n) is 16.9. The fourth-order valence-corrected chi connectivity index (χ4v) is 13.0. The maximum Gasteiger partial charge on any atom is 0.307 e. The summed E-state index contributed by atoms with van der Waals surface area (Å²) in [5.74, 6) is 1.35. The zero-order valence-electron chi connectivity index (χ0n) is 25.7. The number of fused-ring (bicyclic) bond motifs is 5. The van der Waals surface area contributed by atoms with E-state index >= 15 is 0 Å². The molecule has 12 atom stereocenters. The lowest BCUT2D eigenvalue weighted by Crippen LogP contribution is -2.66. The van der Waals surface area contributed by atoms with E-state index in [4.69, 9.17) is 9.47 Å². The van der Waals surface area contributed by atoms with Crippen molar-refractivity contribution in [2.45, 2.75) is 152 Å². The van der Waals surface area contributed by atoms with E-state index in [1.165, 1.54) is 0 Å². The average Bonchev–Trinajstić information content (AvgIpc) is 3.21. The molecule has 8 rings (SSSR count). The molecule has 42 heavy (non-hydrogen) atoms. The second kappa shape index (κ2) is 10.1. The molecule has 8 nitrogen and oxygen atoms in total. The summed E-state index contributed by atoms with van der Waals surface area (Å²) in [6.45, 7) is 4.45. The van der Waals surface area contributed by atoms with Crippen molar-refractivity contribution in [3.05, 3.63) is 0 Å². The van der Waals surface area contributed by atoms with Gasteiger partial charge in [0.25, 0.3) is 0 Å². The van der Waals surface area contributed by atoms with Crippen LogP contribution in [0.5, 0.6) is 0 Å². The van der Waals surface area contributed by atoms with E-state index in [1.54, 1.807) is 0 Å². The molecular formula is C34H54O8. The number of aliphatic hydroxyl groups excluding tert-OH is 3. The Labute approximate surface area is 250 Å². The largest absolute Gasteiger partial charge is 0.438 e. The minimum Gasteiger partial charge on any atom is -0.438 e. The van der Waals surface area contributed by atoms with E-state index in [0.29, 0.717) is 43.9 Å². The Kier molecular flexibility index (Phi) is 7.21. The molecule has 4 bridgehead atoms. The summed E-state index contributed by atoms with van der Waals surface area (Å²) < 4.78 is 11.6. The van der Waals surface area contributed by atoms with Gasteiger partial charge in [0.15, 0.2) is 6.79 Å². The maximum absolute atomic E-state index is 12.7. The Morgan fingerprint density at radius 2 is 1.62 bits per heavy atom. The summed E-state index contributed by atoms with van der Waals surface area (Å²) >= 11 is 0. The monoisotopic (exact) mass is 590 g/mol. The topological polar surface area (TPSA) is 137 Å². The quantitative estimate of drug-likeness (QED) is 0.223. The molecule has 0 aliphatic heterocycles. The Hall–Kier alpha value is -0.770. The predicted octanol–water partition coefficient (Wildman–Crippen LogP) is 3.83. The summed E-state index contributed by atoms with van der Waals surface area (Å²) in [7, 11) is 0. The molecule has 0 saturated heterocycles. The highest BCUT2D eigenvalue weighted by Crippen LogP contribution is 2.68. The van der Waals surface area contributed by atoms with Crippen LogP contribution < -0.4 is 0 Å². The van der Waals surface area contributed by atoms with Gasteiger partial charge in [-0.05, 0) is 123 Å². The van der Waals surface area contributed by atoms with Gasteiger partial charge in [0.05, 0.1) is 35.1 Å². The van der Waals surface area contributed by atoms with Crippen molar-refractivity contribution in [2.24, 2.45) is 46.3 Å². The number of hydrogen-bond donors (Lipinski definition) is 5. The number of carbonyl (C=O) groups excluding carboxylic acids is 1. The molecule has 0 heterocycles. The molecule has 0 aromatic carbocycles. The summed E-state index contributed by atoms with van der Waals surface area (Å²) in [5, 5.41) is 55.4. The molecular weight excluding hydrogens is 536 g/mol. The van der Waals surface area contributed by atoms with Crippen molar-refractivity contribution in [3.8, 4) is 0 Å². The number of rotatable bonds is 7. The highest BCUT2D eigenvalue weighted by atomic mass is 16.7. The molecule has 0 aromatic heterocycles. The molecule has 8 fully saturated rings. The number of carbonyl (C=O) groups is 1. The van der Waals surface area contributed by atoms with Gasteiger partial charge in [0.1, 0.15) is 0 Å². The summed E-state index contributed by atoms with van der Waals surface area (Å²) in [6, 6.07) is 0. The van der Waals surface area contributed by atoms with Crippen LogP contribution in [0.2, 0.25) is 0 Å². The van der Waals surface area contributed by atoms with Crippen LogP contribution in [0.3, 0.4) is 0 Å². The third-order valence-corrected chi connectivity index (χ3v) is 14.4. The highest BCUT2D eigenvalue weighted by molar-refractivity contribution is 5.69. The first-order valence-electron chi connectivity index (χ1n) is 17.1. The van der Waals surface area contributed by atoms with E-state index in [9.17, 15) is 30.3 Å². The van der Waals surface area contributed by atoms with Gasteiger partial charge in [0.2, 0.25) is 0 Å². The van der Waals surface area contributed by atoms with Crippen LogP contribution in [0.1, 0.15) is 117 Å². The predicted molar refractivity (Wildman–Crippen MR) is 154 cm³/mol. The lowest BCUT2D eigenvalue weighted by Gasteiger charge is -2.63. The van der Waals surface area contributed by atoms with Gasteiger partial charge in [-0.1, -0.05) is 13.8 Å². The molecule has 0 radical (unpaired) electrons. The maximum atomic E-state index is 12.7. The first kappa shape index (κ1) is 29.9. The van der Waals surface area contributed by atoms with E-state index in [0.717, 1.165) is 70.6 Å². The van der Waals surface area contributed by atoms with Crippen LogP contribution in [-0.4, -0.2) is 73.4 Å². The minimum absolute atomic E-state index is 0.0705. The molecule has 5 N–H and O–H groups in total. The van der Waals surface area contributed by atoms with Crippen molar-refractivity contribution >= 4 is 5.97 Å². The molecule has 8 aliphatic carbocycles. The lowest BCUT2D eigenvalue weighted by molar-refractivity contribution is -0.282. The number of hydrogen-bond acceptors (Lipinski definition) is 8. The van der Waals surface area contributed by atoms with Gasteiger partial charge in [-0.2, -0.15) is 0 Å². The summed E-state index contributed by atoms with van der Waals surface area (Å²) in [6.07, 6.45) is 10.5. The number of esters is 1. The van der Waals surface area contributed by atoms with Gasteiger partial charge in [-0.15, -0.1) is 0 Å². The Morgan fingerprint density at radius 3 is 2.33 bits per heavy atom. The SMILES string of the molecule is C[C@]12CC[C@@H](O)CC1C[C@@H](O)C1C2C[C@H](O)[C@]2(C)C(CCCC(=O)OCOC34CC5CC(O)(CC(O)(C5)C3)C4)CCC12. The van der Waals surface area contributed by atoms with Crippen LogP contribution in [0.15, 0.2) is 0 Å². The Bertz CT molecular complexity index is 1050. The van der Waals surface area contributed by atoms with Crippen LogP contribution in [-0.2, 0) is 14.3 Å². The molecule has 0 amide bonds. The van der Waals surface area contributed by atoms with E-state index < -0.39 is 22.9 Å². The van der Waals surface area contributed by atoms with E-state index in [2.05, 4.69) is 13.8 Å².